The summed E-state index contributed by atoms with van der Waals surface area (Å²) < 4.78 is 54.4. The van der Waals surface area contributed by atoms with Crippen molar-refractivity contribution in [1.29, 1.82) is 0 Å². The van der Waals surface area contributed by atoms with Gasteiger partial charge < -0.3 is 11.1 Å². The molecular formula is C24H19F4N3OS. The summed E-state index contributed by atoms with van der Waals surface area (Å²) in [6.07, 6.45) is -4.75. The van der Waals surface area contributed by atoms with Crippen molar-refractivity contribution in [3.05, 3.63) is 94.9 Å². The Balaban J connectivity index is 1.61. The van der Waals surface area contributed by atoms with Gasteiger partial charge >= 0.3 is 6.18 Å². The summed E-state index contributed by atoms with van der Waals surface area (Å²) in [5, 5.41) is 3.74. The van der Waals surface area contributed by atoms with Crippen molar-refractivity contribution in [3.63, 3.8) is 0 Å². The number of hydrogen-bond acceptors (Lipinski definition) is 3. The van der Waals surface area contributed by atoms with E-state index in [-0.39, 0.29) is 24.3 Å². The van der Waals surface area contributed by atoms with Crippen LogP contribution in [0.2, 0.25) is 0 Å². The van der Waals surface area contributed by atoms with E-state index in [4.69, 9.17) is 5.73 Å². The van der Waals surface area contributed by atoms with Crippen molar-refractivity contribution < 1.29 is 22.4 Å². The van der Waals surface area contributed by atoms with Crippen LogP contribution in [0.1, 0.15) is 27.2 Å². The molecule has 9 heteroatoms. The first kappa shape index (κ1) is 22.9. The predicted molar refractivity (Wildman–Crippen MR) is 122 cm³/mol. The zero-order chi connectivity index (χ0) is 23.8. The van der Waals surface area contributed by atoms with E-state index in [0.29, 0.717) is 17.1 Å². The Morgan fingerprint density at radius 3 is 2.39 bits per heavy atom. The standard InChI is InChI=1S/C24H19F4N3OS/c25-21-16(7-4-8-18(21)24(26,27)28)13-30-12-14-9-10-17-19(11-14)31(33)22(23(29)32)20(17)15-5-2-1-3-6-15/h1-11,30,33H,12-13H2,(H2,29,32). The molecule has 0 atom stereocenters. The highest BCUT2D eigenvalue weighted by Gasteiger charge is 2.34. The van der Waals surface area contributed by atoms with Crippen molar-refractivity contribution >= 4 is 29.6 Å². The molecule has 1 heterocycles. The van der Waals surface area contributed by atoms with Crippen molar-refractivity contribution in [2.24, 2.45) is 5.73 Å². The highest BCUT2D eigenvalue weighted by atomic mass is 32.1. The zero-order valence-corrected chi connectivity index (χ0v) is 18.1. The lowest BCUT2D eigenvalue weighted by molar-refractivity contribution is -0.140. The van der Waals surface area contributed by atoms with Gasteiger partial charge in [-0.25, -0.2) is 4.39 Å². The molecule has 3 aromatic carbocycles. The Bertz CT molecular complexity index is 1330. The lowest BCUT2D eigenvalue weighted by atomic mass is 10.0. The van der Waals surface area contributed by atoms with Crippen LogP contribution in [0, 0.1) is 5.82 Å². The molecule has 0 radical (unpaired) electrons. The van der Waals surface area contributed by atoms with Crippen LogP contribution < -0.4 is 11.1 Å². The van der Waals surface area contributed by atoms with E-state index < -0.39 is 23.5 Å². The molecule has 1 amide bonds. The molecule has 4 aromatic rings. The highest BCUT2D eigenvalue weighted by Crippen LogP contribution is 2.36. The second-order valence-electron chi connectivity index (χ2n) is 7.50. The van der Waals surface area contributed by atoms with Crippen LogP contribution in [0.25, 0.3) is 22.0 Å². The van der Waals surface area contributed by atoms with Crippen molar-refractivity contribution in [1.82, 2.24) is 9.29 Å². The van der Waals surface area contributed by atoms with Gasteiger partial charge in [-0.3, -0.25) is 8.77 Å². The summed E-state index contributed by atoms with van der Waals surface area (Å²) in [4.78, 5) is 12.2. The van der Waals surface area contributed by atoms with E-state index in [0.717, 1.165) is 16.5 Å². The zero-order valence-electron chi connectivity index (χ0n) is 17.2. The number of benzene rings is 3. The molecule has 0 aliphatic carbocycles. The van der Waals surface area contributed by atoms with Crippen LogP contribution in [0.15, 0.2) is 66.7 Å². The number of nitrogens with two attached hydrogens (primary N) is 1. The van der Waals surface area contributed by atoms with E-state index in [2.05, 4.69) is 18.1 Å². The minimum absolute atomic E-state index is 0.0779. The van der Waals surface area contributed by atoms with Gasteiger partial charge in [-0.15, -0.1) is 0 Å². The average Bonchev–Trinajstić information content (AvgIpc) is 3.07. The molecule has 3 N–H and O–H groups in total. The van der Waals surface area contributed by atoms with Crippen LogP contribution in [0.5, 0.6) is 0 Å². The molecule has 0 bridgehead atoms. The minimum atomic E-state index is -4.75. The van der Waals surface area contributed by atoms with Gasteiger partial charge in [0.05, 0.1) is 11.1 Å². The van der Waals surface area contributed by atoms with Crippen molar-refractivity contribution in [3.8, 4) is 11.1 Å². The highest BCUT2D eigenvalue weighted by molar-refractivity contribution is 7.78. The number of primary amides is 1. The summed E-state index contributed by atoms with van der Waals surface area (Å²) in [5.74, 6) is -1.91. The maximum absolute atomic E-state index is 14.2. The van der Waals surface area contributed by atoms with Gasteiger partial charge in [0.25, 0.3) is 5.91 Å². The molecule has 4 nitrogen and oxygen atoms in total. The van der Waals surface area contributed by atoms with Gasteiger partial charge in [-0.2, -0.15) is 13.2 Å². The van der Waals surface area contributed by atoms with E-state index in [1.807, 2.05) is 42.5 Å². The van der Waals surface area contributed by atoms with E-state index >= 15 is 0 Å². The maximum Gasteiger partial charge on any atom is 0.419 e. The number of nitrogens with zero attached hydrogens (tertiary/aromatic N) is 1. The van der Waals surface area contributed by atoms with Gasteiger partial charge in [0.1, 0.15) is 11.5 Å². The first-order valence-corrected chi connectivity index (χ1v) is 10.4. The summed E-state index contributed by atoms with van der Waals surface area (Å²) in [7, 11) is 0. The van der Waals surface area contributed by atoms with Gasteiger partial charge in [0.15, 0.2) is 0 Å². The lowest BCUT2D eigenvalue weighted by Crippen LogP contribution is -2.16. The van der Waals surface area contributed by atoms with Crippen LogP contribution >= 0.6 is 12.8 Å². The molecule has 0 saturated carbocycles. The van der Waals surface area contributed by atoms with Gasteiger partial charge in [-0.05, 0) is 23.3 Å². The smallest absolute Gasteiger partial charge is 0.364 e. The summed E-state index contributed by atoms with van der Waals surface area (Å²) in [5.41, 5.74) is 7.40. The molecule has 0 aliphatic heterocycles. The summed E-state index contributed by atoms with van der Waals surface area (Å²) >= 11 is 4.46. The molecule has 170 valence electrons. The third-order valence-corrected chi connectivity index (χ3v) is 5.75. The number of fused-ring (bicyclic) bond motifs is 1. The number of amides is 1. The van der Waals surface area contributed by atoms with Crippen LogP contribution in [-0.4, -0.2) is 9.88 Å². The fourth-order valence-electron chi connectivity index (χ4n) is 3.83. The molecule has 1 aromatic heterocycles. The van der Waals surface area contributed by atoms with Crippen LogP contribution in [-0.2, 0) is 19.3 Å². The molecular weight excluding hydrogens is 454 g/mol. The molecule has 0 spiro atoms. The van der Waals surface area contributed by atoms with Gasteiger partial charge in [-0.1, -0.05) is 67.4 Å². The molecule has 0 saturated heterocycles. The fraction of sp³-hybridized carbons (Fsp3) is 0.125. The number of halogens is 4. The van der Waals surface area contributed by atoms with E-state index in [9.17, 15) is 22.4 Å². The topological polar surface area (TPSA) is 60.1 Å². The summed E-state index contributed by atoms with van der Waals surface area (Å²) in [6, 6.07) is 18.0. The average molecular weight is 473 g/mol. The number of carbonyl (C=O) groups excluding carboxylic acids is 1. The SMILES string of the molecule is NC(=O)c1c(-c2ccccc2)c2ccc(CNCc3cccc(C(F)(F)F)c3F)cc2n1S. The van der Waals surface area contributed by atoms with Crippen LogP contribution in [0.4, 0.5) is 17.6 Å². The number of hydrogen-bond donors (Lipinski definition) is 3. The second-order valence-corrected chi connectivity index (χ2v) is 7.90. The Morgan fingerprint density at radius 2 is 1.73 bits per heavy atom. The molecule has 0 fully saturated rings. The number of aromatic nitrogens is 1. The van der Waals surface area contributed by atoms with Gasteiger partial charge in [0, 0.05) is 29.6 Å². The maximum atomic E-state index is 14.2. The van der Waals surface area contributed by atoms with E-state index in [1.165, 1.54) is 16.1 Å². The number of thiol groups is 1. The third kappa shape index (κ3) is 4.46. The Hall–Kier alpha value is -3.30. The third-order valence-electron chi connectivity index (χ3n) is 5.33. The van der Waals surface area contributed by atoms with Gasteiger partial charge in [0.2, 0.25) is 0 Å². The Morgan fingerprint density at radius 1 is 1.00 bits per heavy atom. The molecule has 0 aliphatic rings. The summed E-state index contributed by atoms with van der Waals surface area (Å²) in [6.45, 7) is 0.175. The quantitative estimate of drug-likeness (QED) is 0.254. The molecule has 33 heavy (non-hydrogen) atoms. The largest absolute Gasteiger partial charge is 0.419 e. The predicted octanol–water partition coefficient (Wildman–Crippen LogP) is 5.55. The Kier molecular flexibility index (Phi) is 6.18. The van der Waals surface area contributed by atoms with Crippen molar-refractivity contribution in [2.75, 3.05) is 0 Å². The molecule has 4 rings (SSSR count). The molecule has 0 unspecified atom stereocenters. The number of alkyl halides is 3. The first-order chi connectivity index (χ1) is 15.7. The number of nitrogens with one attached hydrogen (secondary N) is 1. The van der Waals surface area contributed by atoms with E-state index in [1.54, 1.807) is 6.07 Å². The van der Waals surface area contributed by atoms with Crippen molar-refractivity contribution in [2.45, 2.75) is 19.3 Å². The lowest BCUT2D eigenvalue weighted by Gasteiger charge is -2.12. The Labute approximate surface area is 192 Å². The monoisotopic (exact) mass is 473 g/mol. The fourth-order valence-corrected chi connectivity index (χ4v) is 4.19. The van der Waals surface area contributed by atoms with Crippen LogP contribution in [0.3, 0.4) is 0 Å². The normalized spacial score (nSPS) is 11.8. The minimum Gasteiger partial charge on any atom is -0.364 e. The second kappa shape index (κ2) is 8.92. The first-order valence-electron chi connectivity index (χ1n) is 9.95. The number of rotatable bonds is 6. The number of carbonyl (C=O) groups is 1.